The number of hydrogen-bond acceptors (Lipinski definition) is 3. The lowest BCUT2D eigenvalue weighted by Gasteiger charge is -2.22. The Kier molecular flexibility index (Phi) is 4.94. The smallest absolute Gasteiger partial charge is 0.240 e. The number of aryl methyl sites for hydroxylation is 2. The number of nitrogens with zero attached hydrogens (tertiary/aromatic N) is 1. The number of carbonyl (C=O) groups excluding carboxylic acids is 1. The zero-order valence-corrected chi connectivity index (χ0v) is 12.5. The summed E-state index contributed by atoms with van der Waals surface area (Å²) in [6.45, 7) is 5.93. The van der Waals surface area contributed by atoms with Crippen LogP contribution in [0.15, 0.2) is 18.2 Å². The second kappa shape index (κ2) is 6.06. The molecule has 0 atom stereocenters. The van der Waals surface area contributed by atoms with Crippen LogP contribution in [0.25, 0.3) is 0 Å². The summed E-state index contributed by atoms with van der Waals surface area (Å²) in [6, 6.07) is 5.33. The lowest BCUT2D eigenvalue weighted by atomic mass is 10.1. The number of carbonyl (C=O) groups is 1. The van der Waals surface area contributed by atoms with Crippen LogP contribution in [0.5, 0.6) is 0 Å². The molecular formula is C13H20N2O3S. The van der Waals surface area contributed by atoms with Gasteiger partial charge >= 0.3 is 0 Å². The van der Waals surface area contributed by atoms with Gasteiger partial charge in [-0.1, -0.05) is 6.07 Å². The lowest BCUT2D eigenvalue weighted by molar-refractivity contribution is -0.119. The molecule has 1 amide bonds. The number of amides is 1. The van der Waals surface area contributed by atoms with Crippen LogP contribution in [-0.2, 0) is 14.8 Å². The van der Waals surface area contributed by atoms with Gasteiger partial charge in [-0.2, -0.15) is 0 Å². The average Bonchev–Trinajstić information content (AvgIpc) is 2.29. The number of sulfonamides is 1. The molecule has 0 heterocycles. The van der Waals surface area contributed by atoms with E-state index in [1.807, 2.05) is 19.9 Å². The van der Waals surface area contributed by atoms with Crippen LogP contribution in [0.4, 0.5) is 5.69 Å². The molecule has 0 radical (unpaired) electrons. The van der Waals surface area contributed by atoms with E-state index in [0.717, 1.165) is 21.7 Å². The number of benzene rings is 1. The Labute approximate surface area is 114 Å². The molecule has 0 aromatic heterocycles. The highest BCUT2D eigenvalue weighted by molar-refractivity contribution is 7.92. The quantitative estimate of drug-likeness (QED) is 0.883. The van der Waals surface area contributed by atoms with Gasteiger partial charge in [0.05, 0.1) is 11.9 Å². The molecule has 19 heavy (non-hydrogen) atoms. The highest BCUT2D eigenvalue weighted by Crippen LogP contribution is 2.20. The maximum absolute atomic E-state index is 11.8. The first-order chi connectivity index (χ1) is 8.75. The van der Waals surface area contributed by atoms with E-state index in [-0.39, 0.29) is 12.5 Å². The number of rotatable bonds is 5. The Morgan fingerprint density at radius 3 is 2.37 bits per heavy atom. The fourth-order valence-electron chi connectivity index (χ4n) is 1.66. The monoisotopic (exact) mass is 284 g/mol. The number of nitrogens with one attached hydrogen (secondary N) is 1. The first-order valence-electron chi connectivity index (χ1n) is 6.07. The van der Waals surface area contributed by atoms with Crippen molar-refractivity contribution in [1.29, 1.82) is 0 Å². The van der Waals surface area contributed by atoms with Crippen LogP contribution in [0, 0.1) is 13.8 Å². The van der Waals surface area contributed by atoms with Crippen molar-refractivity contribution in [3.63, 3.8) is 0 Å². The summed E-state index contributed by atoms with van der Waals surface area (Å²) in [4.78, 5) is 11.6. The molecule has 1 aromatic carbocycles. The van der Waals surface area contributed by atoms with E-state index in [9.17, 15) is 13.2 Å². The molecule has 106 valence electrons. The lowest BCUT2D eigenvalue weighted by Crippen LogP contribution is -2.40. The van der Waals surface area contributed by atoms with Gasteiger partial charge in [-0.3, -0.25) is 9.10 Å². The Balaban J connectivity index is 3.10. The van der Waals surface area contributed by atoms with E-state index in [1.165, 1.54) is 0 Å². The Morgan fingerprint density at radius 1 is 1.26 bits per heavy atom. The predicted octanol–water partition coefficient (Wildman–Crippen LogP) is 1.21. The third-order valence-electron chi connectivity index (χ3n) is 2.84. The van der Waals surface area contributed by atoms with Gasteiger partial charge in [0.1, 0.15) is 6.54 Å². The largest absolute Gasteiger partial charge is 0.355 e. The second-order valence-electron chi connectivity index (χ2n) is 4.49. The molecule has 5 nitrogen and oxygen atoms in total. The van der Waals surface area contributed by atoms with Gasteiger partial charge in [0, 0.05) is 6.54 Å². The summed E-state index contributed by atoms with van der Waals surface area (Å²) in [6.07, 6.45) is 1.10. The fraction of sp³-hybridized carbons (Fsp3) is 0.462. The molecule has 0 saturated heterocycles. The molecule has 0 unspecified atom stereocenters. The van der Waals surface area contributed by atoms with Crippen LogP contribution in [0.3, 0.4) is 0 Å². The molecule has 1 rings (SSSR count). The molecule has 0 aliphatic carbocycles. The molecule has 0 aliphatic rings. The van der Waals surface area contributed by atoms with E-state index in [4.69, 9.17) is 0 Å². The Hall–Kier alpha value is -1.56. The van der Waals surface area contributed by atoms with Gasteiger partial charge in [0.15, 0.2) is 0 Å². The van der Waals surface area contributed by atoms with E-state index < -0.39 is 10.0 Å². The SMILES string of the molecule is CCNC(=O)CN(c1ccc(C)c(C)c1)S(C)(=O)=O. The van der Waals surface area contributed by atoms with E-state index in [1.54, 1.807) is 19.1 Å². The first kappa shape index (κ1) is 15.5. The van der Waals surface area contributed by atoms with Crippen molar-refractivity contribution < 1.29 is 13.2 Å². The van der Waals surface area contributed by atoms with Gasteiger partial charge in [0.25, 0.3) is 0 Å². The third kappa shape index (κ3) is 4.24. The van der Waals surface area contributed by atoms with Crippen LogP contribution in [0.2, 0.25) is 0 Å². The van der Waals surface area contributed by atoms with Crippen LogP contribution in [-0.4, -0.2) is 33.7 Å². The summed E-state index contributed by atoms with van der Waals surface area (Å²) < 4.78 is 24.7. The Morgan fingerprint density at radius 2 is 1.89 bits per heavy atom. The predicted molar refractivity (Wildman–Crippen MR) is 76.8 cm³/mol. The van der Waals surface area contributed by atoms with Gasteiger partial charge in [-0.05, 0) is 44.0 Å². The minimum Gasteiger partial charge on any atom is -0.355 e. The van der Waals surface area contributed by atoms with Crippen molar-refractivity contribution in [2.75, 3.05) is 23.7 Å². The number of anilines is 1. The zero-order chi connectivity index (χ0) is 14.6. The number of hydrogen-bond donors (Lipinski definition) is 1. The summed E-state index contributed by atoms with van der Waals surface area (Å²) in [7, 11) is -3.49. The number of likely N-dealkylation sites (N-methyl/N-ethyl adjacent to an activating group) is 1. The first-order valence-corrected chi connectivity index (χ1v) is 7.92. The van der Waals surface area contributed by atoms with Crippen molar-refractivity contribution >= 4 is 21.6 Å². The minimum atomic E-state index is -3.49. The van der Waals surface area contributed by atoms with E-state index in [2.05, 4.69) is 5.32 Å². The molecule has 0 fully saturated rings. The summed E-state index contributed by atoms with van der Waals surface area (Å²) >= 11 is 0. The molecule has 6 heteroatoms. The summed E-state index contributed by atoms with van der Waals surface area (Å²) in [5.74, 6) is -0.314. The average molecular weight is 284 g/mol. The summed E-state index contributed by atoms with van der Waals surface area (Å²) in [5, 5.41) is 2.60. The highest BCUT2D eigenvalue weighted by Gasteiger charge is 2.20. The molecule has 1 aromatic rings. The third-order valence-corrected chi connectivity index (χ3v) is 3.98. The normalized spacial score (nSPS) is 11.2. The van der Waals surface area contributed by atoms with Gasteiger partial charge in [-0.25, -0.2) is 8.42 Å². The summed E-state index contributed by atoms with van der Waals surface area (Å²) in [5.41, 5.74) is 2.58. The van der Waals surface area contributed by atoms with Crippen molar-refractivity contribution in [1.82, 2.24) is 5.32 Å². The zero-order valence-electron chi connectivity index (χ0n) is 11.7. The van der Waals surface area contributed by atoms with Crippen molar-refractivity contribution in [2.45, 2.75) is 20.8 Å². The highest BCUT2D eigenvalue weighted by atomic mass is 32.2. The Bertz CT molecular complexity index is 567. The maximum Gasteiger partial charge on any atom is 0.240 e. The molecule has 0 spiro atoms. The molecule has 0 saturated carbocycles. The topological polar surface area (TPSA) is 66.5 Å². The van der Waals surface area contributed by atoms with Crippen LogP contribution < -0.4 is 9.62 Å². The van der Waals surface area contributed by atoms with E-state index in [0.29, 0.717) is 12.2 Å². The van der Waals surface area contributed by atoms with Crippen molar-refractivity contribution in [3.8, 4) is 0 Å². The van der Waals surface area contributed by atoms with Crippen LogP contribution in [0.1, 0.15) is 18.1 Å². The van der Waals surface area contributed by atoms with Gasteiger partial charge in [-0.15, -0.1) is 0 Å². The van der Waals surface area contributed by atoms with Crippen molar-refractivity contribution in [3.05, 3.63) is 29.3 Å². The molecule has 0 aliphatic heterocycles. The second-order valence-corrected chi connectivity index (χ2v) is 6.40. The molecule has 1 N–H and O–H groups in total. The van der Waals surface area contributed by atoms with Crippen LogP contribution >= 0.6 is 0 Å². The van der Waals surface area contributed by atoms with Crippen molar-refractivity contribution in [2.24, 2.45) is 0 Å². The minimum absolute atomic E-state index is 0.199. The molecular weight excluding hydrogens is 264 g/mol. The fourth-order valence-corrected chi connectivity index (χ4v) is 2.51. The maximum atomic E-state index is 11.8. The van der Waals surface area contributed by atoms with Gasteiger partial charge in [0.2, 0.25) is 15.9 Å². The molecule has 0 bridgehead atoms. The van der Waals surface area contributed by atoms with E-state index >= 15 is 0 Å². The van der Waals surface area contributed by atoms with Gasteiger partial charge < -0.3 is 5.32 Å². The standard InChI is InChI=1S/C13H20N2O3S/c1-5-14-13(16)9-15(19(4,17)18)12-7-6-10(2)11(3)8-12/h6-8H,5,9H2,1-4H3,(H,14,16).